The second-order valence-electron chi connectivity index (χ2n) is 4.73. The van der Waals surface area contributed by atoms with Crippen LogP contribution in [0.25, 0.3) is 0 Å². The van der Waals surface area contributed by atoms with Gasteiger partial charge in [0.25, 0.3) is 0 Å². The Hall–Kier alpha value is -0.900. The van der Waals surface area contributed by atoms with E-state index in [0.717, 1.165) is 25.3 Å². The Bertz CT molecular complexity index is 307. The van der Waals surface area contributed by atoms with Crippen molar-refractivity contribution in [3.63, 3.8) is 0 Å². The Morgan fingerprint density at radius 2 is 2.29 bits per heavy atom. The highest BCUT2D eigenvalue weighted by molar-refractivity contribution is 4.97. The van der Waals surface area contributed by atoms with Gasteiger partial charge in [0.15, 0.2) is 5.82 Å². The van der Waals surface area contributed by atoms with Gasteiger partial charge in [-0.1, -0.05) is 0 Å². The first kappa shape index (κ1) is 9.65. The van der Waals surface area contributed by atoms with E-state index in [-0.39, 0.29) is 11.6 Å². The minimum Gasteiger partial charge on any atom is -0.370 e. The predicted octanol–water partition coefficient (Wildman–Crippen LogP) is 1.88. The normalized spacial score (nSPS) is 22.9. The van der Waals surface area contributed by atoms with Gasteiger partial charge in [-0.3, -0.25) is 0 Å². The van der Waals surface area contributed by atoms with Crippen LogP contribution in [0.1, 0.15) is 45.5 Å². The van der Waals surface area contributed by atoms with Crippen molar-refractivity contribution in [1.29, 1.82) is 0 Å². The fourth-order valence-corrected chi connectivity index (χ4v) is 1.76. The van der Waals surface area contributed by atoms with Gasteiger partial charge in [-0.25, -0.2) is 0 Å². The Morgan fingerprint density at radius 1 is 1.50 bits per heavy atom. The standard InChI is InChI=1S/C10H17N3O/c1-10(2,3)13-7-11-12-9(13)8-5-4-6-14-8/h7-8H,4-6H2,1-3H3. The van der Waals surface area contributed by atoms with Gasteiger partial charge < -0.3 is 9.30 Å². The molecule has 0 N–H and O–H groups in total. The van der Waals surface area contributed by atoms with Crippen molar-refractivity contribution in [2.75, 3.05) is 6.61 Å². The molecule has 2 heterocycles. The molecular weight excluding hydrogens is 178 g/mol. The summed E-state index contributed by atoms with van der Waals surface area (Å²) in [6.45, 7) is 7.29. The summed E-state index contributed by atoms with van der Waals surface area (Å²) in [5, 5.41) is 8.12. The molecular formula is C10H17N3O. The fourth-order valence-electron chi connectivity index (χ4n) is 1.76. The molecule has 0 aliphatic carbocycles. The van der Waals surface area contributed by atoms with Crippen LogP contribution in [-0.2, 0) is 10.3 Å². The summed E-state index contributed by atoms with van der Waals surface area (Å²) < 4.78 is 7.71. The van der Waals surface area contributed by atoms with E-state index < -0.39 is 0 Å². The first-order valence-electron chi connectivity index (χ1n) is 5.11. The van der Waals surface area contributed by atoms with Crippen LogP contribution in [0, 0.1) is 0 Å². The highest BCUT2D eigenvalue weighted by atomic mass is 16.5. The van der Waals surface area contributed by atoms with Crippen molar-refractivity contribution in [1.82, 2.24) is 14.8 Å². The summed E-state index contributed by atoms with van der Waals surface area (Å²) in [7, 11) is 0. The lowest BCUT2D eigenvalue weighted by Crippen LogP contribution is -2.24. The number of hydrogen-bond donors (Lipinski definition) is 0. The molecule has 1 atom stereocenters. The topological polar surface area (TPSA) is 39.9 Å². The number of nitrogens with zero attached hydrogens (tertiary/aromatic N) is 3. The van der Waals surface area contributed by atoms with Gasteiger partial charge >= 0.3 is 0 Å². The van der Waals surface area contributed by atoms with Crippen molar-refractivity contribution in [2.45, 2.75) is 45.3 Å². The molecule has 1 fully saturated rings. The highest BCUT2D eigenvalue weighted by Crippen LogP contribution is 2.29. The van der Waals surface area contributed by atoms with Gasteiger partial charge in [-0.2, -0.15) is 0 Å². The van der Waals surface area contributed by atoms with Gasteiger partial charge in [0, 0.05) is 12.1 Å². The summed E-state index contributed by atoms with van der Waals surface area (Å²) in [5.41, 5.74) is 0.0325. The van der Waals surface area contributed by atoms with Gasteiger partial charge in [0.1, 0.15) is 12.4 Å². The molecule has 78 valence electrons. The van der Waals surface area contributed by atoms with E-state index in [9.17, 15) is 0 Å². The maximum atomic E-state index is 5.61. The molecule has 0 radical (unpaired) electrons. The van der Waals surface area contributed by atoms with Crippen molar-refractivity contribution in [3.8, 4) is 0 Å². The van der Waals surface area contributed by atoms with Gasteiger partial charge in [-0.15, -0.1) is 10.2 Å². The van der Waals surface area contributed by atoms with E-state index in [1.54, 1.807) is 6.33 Å². The number of hydrogen-bond acceptors (Lipinski definition) is 3. The highest BCUT2D eigenvalue weighted by Gasteiger charge is 2.26. The molecule has 4 heteroatoms. The molecule has 0 amide bonds. The van der Waals surface area contributed by atoms with E-state index in [4.69, 9.17) is 4.74 Å². The molecule has 14 heavy (non-hydrogen) atoms. The number of ether oxygens (including phenoxy) is 1. The lowest BCUT2D eigenvalue weighted by molar-refractivity contribution is 0.0976. The zero-order valence-corrected chi connectivity index (χ0v) is 9.03. The smallest absolute Gasteiger partial charge is 0.162 e. The van der Waals surface area contributed by atoms with Crippen LogP contribution in [0.4, 0.5) is 0 Å². The minimum atomic E-state index is 0.0325. The number of aromatic nitrogens is 3. The Labute approximate surface area is 84.3 Å². The first-order chi connectivity index (χ1) is 6.59. The summed E-state index contributed by atoms with van der Waals surface area (Å²) in [4.78, 5) is 0. The first-order valence-corrected chi connectivity index (χ1v) is 5.11. The van der Waals surface area contributed by atoms with Crippen LogP contribution in [0.5, 0.6) is 0 Å². The van der Waals surface area contributed by atoms with E-state index >= 15 is 0 Å². The average molecular weight is 195 g/mol. The van der Waals surface area contributed by atoms with E-state index in [0.29, 0.717) is 0 Å². The van der Waals surface area contributed by atoms with Gasteiger partial charge in [-0.05, 0) is 33.6 Å². The summed E-state index contributed by atoms with van der Waals surface area (Å²) in [6.07, 6.45) is 4.13. The van der Waals surface area contributed by atoms with Crippen LogP contribution in [0.2, 0.25) is 0 Å². The Morgan fingerprint density at radius 3 is 2.86 bits per heavy atom. The molecule has 0 saturated carbocycles. The molecule has 0 aromatic carbocycles. The third-order valence-corrected chi connectivity index (χ3v) is 2.51. The molecule has 0 spiro atoms. The zero-order chi connectivity index (χ0) is 10.2. The third-order valence-electron chi connectivity index (χ3n) is 2.51. The summed E-state index contributed by atoms with van der Waals surface area (Å²) in [6, 6.07) is 0. The van der Waals surface area contributed by atoms with Crippen LogP contribution in [0.15, 0.2) is 6.33 Å². The second-order valence-corrected chi connectivity index (χ2v) is 4.73. The van der Waals surface area contributed by atoms with Crippen LogP contribution in [-0.4, -0.2) is 21.4 Å². The molecule has 1 unspecified atom stereocenters. The summed E-state index contributed by atoms with van der Waals surface area (Å²) >= 11 is 0. The second kappa shape index (κ2) is 3.35. The van der Waals surface area contributed by atoms with Crippen molar-refractivity contribution >= 4 is 0 Å². The van der Waals surface area contributed by atoms with E-state index in [1.807, 2.05) is 0 Å². The Kier molecular flexibility index (Phi) is 2.31. The molecule has 4 nitrogen and oxygen atoms in total. The molecule has 0 bridgehead atoms. The zero-order valence-electron chi connectivity index (χ0n) is 9.03. The molecule has 1 aliphatic rings. The quantitative estimate of drug-likeness (QED) is 0.687. The predicted molar refractivity (Wildman–Crippen MR) is 52.9 cm³/mol. The maximum Gasteiger partial charge on any atom is 0.162 e. The minimum absolute atomic E-state index is 0.0325. The van der Waals surface area contributed by atoms with Crippen molar-refractivity contribution in [3.05, 3.63) is 12.2 Å². The molecule has 2 rings (SSSR count). The van der Waals surface area contributed by atoms with Crippen molar-refractivity contribution < 1.29 is 4.74 Å². The summed E-state index contributed by atoms with van der Waals surface area (Å²) in [5.74, 6) is 0.968. The van der Waals surface area contributed by atoms with Crippen molar-refractivity contribution in [2.24, 2.45) is 0 Å². The third kappa shape index (κ3) is 1.66. The van der Waals surface area contributed by atoms with Crippen LogP contribution in [0.3, 0.4) is 0 Å². The largest absolute Gasteiger partial charge is 0.370 e. The Balaban J connectivity index is 2.29. The monoisotopic (exact) mass is 195 g/mol. The van der Waals surface area contributed by atoms with E-state index in [1.165, 1.54) is 0 Å². The lowest BCUT2D eigenvalue weighted by atomic mass is 10.1. The van der Waals surface area contributed by atoms with Gasteiger partial charge in [0.05, 0.1) is 0 Å². The van der Waals surface area contributed by atoms with E-state index in [2.05, 4.69) is 35.5 Å². The molecule has 1 aliphatic heterocycles. The number of rotatable bonds is 1. The molecule has 1 aromatic rings. The van der Waals surface area contributed by atoms with Crippen LogP contribution >= 0.6 is 0 Å². The maximum absolute atomic E-state index is 5.61. The SMILES string of the molecule is CC(C)(C)n1cnnc1C1CCCO1. The fraction of sp³-hybridized carbons (Fsp3) is 0.800. The molecule has 1 saturated heterocycles. The average Bonchev–Trinajstić information content (AvgIpc) is 2.73. The molecule has 1 aromatic heterocycles. The van der Waals surface area contributed by atoms with Crippen LogP contribution < -0.4 is 0 Å². The lowest BCUT2D eigenvalue weighted by Gasteiger charge is -2.23. The van der Waals surface area contributed by atoms with Gasteiger partial charge in [0.2, 0.25) is 0 Å².